The minimum atomic E-state index is -0.605. The Morgan fingerprint density at radius 1 is 1.20 bits per heavy atom. The van der Waals surface area contributed by atoms with Gasteiger partial charge in [0.1, 0.15) is 11.4 Å². The standard InChI is InChI=1S/C14H15NO5/c1-14(2,3)20-10(16)7-19-9-6-4-5-8-11(9)13(18)15-12(8)17/h4-6H,7H2,1-3H3,(H,15,17,18). The van der Waals surface area contributed by atoms with E-state index in [4.69, 9.17) is 9.47 Å². The summed E-state index contributed by atoms with van der Waals surface area (Å²) in [4.78, 5) is 34.7. The highest BCUT2D eigenvalue weighted by Crippen LogP contribution is 2.26. The van der Waals surface area contributed by atoms with Gasteiger partial charge in [-0.1, -0.05) is 6.07 Å². The zero-order valence-electron chi connectivity index (χ0n) is 11.5. The molecule has 0 fully saturated rings. The molecule has 20 heavy (non-hydrogen) atoms. The summed E-state index contributed by atoms with van der Waals surface area (Å²) in [5.74, 6) is -1.34. The Kier molecular flexibility index (Phi) is 3.48. The second-order valence-corrected chi connectivity index (χ2v) is 5.34. The minimum absolute atomic E-state index is 0.154. The molecule has 0 saturated carbocycles. The quantitative estimate of drug-likeness (QED) is 0.665. The van der Waals surface area contributed by atoms with E-state index in [1.165, 1.54) is 12.1 Å². The number of rotatable bonds is 3. The summed E-state index contributed by atoms with van der Waals surface area (Å²) >= 11 is 0. The summed E-state index contributed by atoms with van der Waals surface area (Å²) in [6.07, 6.45) is 0. The monoisotopic (exact) mass is 277 g/mol. The Morgan fingerprint density at radius 3 is 2.55 bits per heavy atom. The number of ether oxygens (including phenoxy) is 2. The van der Waals surface area contributed by atoms with Crippen LogP contribution in [0.15, 0.2) is 18.2 Å². The van der Waals surface area contributed by atoms with Gasteiger partial charge >= 0.3 is 5.97 Å². The van der Waals surface area contributed by atoms with Crippen LogP contribution in [0.25, 0.3) is 0 Å². The third-order valence-corrected chi connectivity index (χ3v) is 2.49. The van der Waals surface area contributed by atoms with Crippen molar-refractivity contribution in [2.24, 2.45) is 0 Å². The Balaban J connectivity index is 2.11. The molecule has 1 aliphatic heterocycles. The number of imide groups is 1. The molecule has 0 unspecified atom stereocenters. The summed E-state index contributed by atoms with van der Waals surface area (Å²) in [5.41, 5.74) is -0.204. The lowest BCUT2D eigenvalue weighted by atomic mass is 10.1. The zero-order valence-corrected chi connectivity index (χ0v) is 11.5. The number of esters is 1. The molecule has 0 aromatic heterocycles. The normalized spacial score (nSPS) is 13.8. The molecule has 2 amide bonds. The topological polar surface area (TPSA) is 81.7 Å². The molecule has 1 aliphatic rings. The Hall–Kier alpha value is -2.37. The van der Waals surface area contributed by atoms with Gasteiger partial charge in [0, 0.05) is 0 Å². The second kappa shape index (κ2) is 4.96. The van der Waals surface area contributed by atoms with Gasteiger partial charge in [0.2, 0.25) is 0 Å². The van der Waals surface area contributed by atoms with E-state index in [9.17, 15) is 14.4 Å². The van der Waals surface area contributed by atoms with E-state index < -0.39 is 23.4 Å². The number of amides is 2. The fraction of sp³-hybridized carbons (Fsp3) is 0.357. The van der Waals surface area contributed by atoms with E-state index in [2.05, 4.69) is 5.32 Å². The van der Waals surface area contributed by atoms with Crippen molar-refractivity contribution in [2.75, 3.05) is 6.61 Å². The van der Waals surface area contributed by atoms with Gasteiger partial charge in [-0.3, -0.25) is 14.9 Å². The van der Waals surface area contributed by atoms with Crippen LogP contribution in [0.2, 0.25) is 0 Å². The van der Waals surface area contributed by atoms with Crippen molar-refractivity contribution in [3.8, 4) is 5.75 Å². The van der Waals surface area contributed by atoms with Crippen molar-refractivity contribution in [3.63, 3.8) is 0 Å². The van der Waals surface area contributed by atoms with E-state index in [0.717, 1.165) is 0 Å². The Bertz CT molecular complexity index is 586. The lowest BCUT2D eigenvalue weighted by Gasteiger charge is -2.19. The SMILES string of the molecule is CC(C)(C)OC(=O)COc1cccc2c1C(=O)NC2=O. The highest BCUT2D eigenvalue weighted by atomic mass is 16.6. The molecule has 6 nitrogen and oxygen atoms in total. The lowest BCUT2D eigenvalue weighted by Crippen LogP contribution is -2.27. The first kappa shape index (κ1) is 14.0. The van der Waals surface area contributed by atoms with Crippen LogP contribution in [-0.4, -0.2) is 30.0 Å². The third kappa shape index (κ3) is 2.96. The van der Waals surface area contributed by atoms with Crippen LogP contribution in [0.5, 0.6) is 5.75 Å². The molecule has 0 atom stereocenters. The van der Waals surface area contributed by atoms with Crippen LogP contribution < -0.4 is 10.1 Å². The lowest BCUT2D eigenvalue weighted by molar-refractivity contribution is -0.157. The molecular weight excluding hydrogens is 262 g/mol. The van der Waals surface area contributed by atoms with E-state index >= 15 is 0 Å². The molecule has 0 bridgehead atoms. The second-order valence-electron chi connectivity index (χ2n) is 5.34. The number of fused-ring (bicyclic) bond motifs is 1. The van der Waals surface area contributed by atoms with Crippen LogP contribution in [0.1, 0.15) is 41.5 Å². The molecule has 6 heteroatoms. The van der Waals surface area contributed by atoms with E-state index in [1.807, 2.05) is 0 Å². The van der Waals surface area contributed by atoms with Gasteiger partial charge in [-0.2, -0.15) is 0 Å². The molecule has 0 spiro atoms. The predicted octanol–water partition coefficient (Wildman–Crippen LogP) is 1.29. The van der Waals surface area contributed by atoms with Crippen LogP contribution >= 0.6 is 0 Å². The van der Waals surface area contributed by atoms with Crippen molar-refractivity contribution in [1.29, 1.82) is 0 Å². The van der Waals surface area contributed by atoms with Gasteiger partial charge in [-0.25, -0.2) is 4.79 Å². The first-order chi connectivity index (χ1) is 9.28. The van der Waals surface area contributed by atoms with Crippen LogP contribution in [0.3, 0.4) is 0 Å². The van der Waals surface area contributed by atoms with Gasteiger partial charge in [-0.15, -0.1) is 0 Å². The fourth-order valence-electron chi connectivity index (χ4n) is 1.82. The molecule has 0 saturated heterocycles. The first-order valence-corrected chi connectivity index (χ1v) is 6.11. The maximum absolute atomic E-state index is 11.6. The molecule has 1 aromatic rings. The van der Waals surface area contributed by atoms with Crippen molar-refractivity contribution in [3.05, 3.63) is 29.3 Å². The maximum Gasteiger partial charge on any atom is 0.344 e. The molecule has 1 heterocycles. The summed E-state index contributed by atoms with van der Waals surface area (Å²) in [6, 6.07) is 4.64. The zero-order chi connectivity index (χ0) is 14.9. The highest BCUT2D eigenvalue weighted by Gasteiger charge is 2.30. The number of hydrogen-bond donors (Lipinski definition) is 1. The van der Waals surface area contributed by atoms with Gasteiger partial charge in [0.15, 0.2) is 6.61 Å². The molecule has 0 aliphatic carbocycles. The fourth-order valence-corrected chi connectivity index (χ4v) is 1.82. The third-order valence-electron chi connectivity index (χ3n) is 2.49. The van der Waals surface area contributed by atoms with Crippen molar-refractivity contribution in [1.82, 2.24) is 5.32 Å². The van der Waals surface area contributed by atoms with Crippen molar-refractivity contribution in [2.45, 2.75) is 26.4 Å². The summed E-state index contributed by atoms with van der Waals surface area (Å²) in [6.45, 7) is 4.92. The Labute approximate surface area is 116 Å². The smallest absolute Gasteiger partial charge is 0.344 e. The van der Waals surface area contributed by atoms with Gasteiger partial charge in [0.05, 0.1) is 11.1 Å². The highest BCUT2D eigenvalue weighted by molar-refractivity contribution is 6.22. The van der Waals surface area contributed by atoms with Gasteiger partial charge in [-0.05, 0) is 32.9 Å². The Morgan fingerprint density at radius 2 is 1.90 bits per heavy atom. The van der Waals surface area contributed by atoms with Crippen LogP contribution in [0, 0.1) is 0 Å². The molecule has 106 valence electrons. The average molecular weight is 277 g/mol. The largest absolute Gasteiger partial charge is 0.481 e. The van der Waals surface area contributed by atoms with Crippen molar-refractivity contribution < 1.29 is 23.9 Å². The molecule has 1 N–H and O–H groups in total. The van der Waals surface area contributed by atoms with E-state index in [0.29, 0.717) is 0 Å². The van der Waals surface area contributed by atoms with Crippen molar-refractivity contribution >= 4 is 17.8 Å². The molecule has 2 rings (SSSR count). The number of carbonyl (C=O) groups is 3. The number of nitrogens with one attached hydrogen (secondary N) is 1. The van der Waals surface area contributed by atoms with E-state index in [-0.39, 0.29) is 23.5 Å². The summed E-state index contributed by atoms with van der Waals surface area (Å²) < 4.78 is 10.4. The van der Waals surface area contributed by atoms with Crippen LogP contribution in [0.4, 0.5) is 0 Å². The van der Waals surface area contributed by atoms with Gasteiger partial charge in [0.25, 0.3) is 11.8 Å². The number of benzene rings is 1. The maximum atomic E-state index is 11.6. The van der Waals surface area contributed by atoms with E-state index in [1.54, 1.807) is 26.8 Å². The average Bonchev–Trinajstić information content (AvgIpc) is 2.61. The van der Waals surface area contributed by atoms with Crippen LogP contribution in [-0.2, 0) is 9.53 Å². The van der Waals surface area contributed by atoms with Gasteiger partial charge < -0.3 is 9.47 Å². The molecule has 1 aromatic carbocycles. The molecular formula is C14H15NO5. The number of carbonyl (C=O) groups excluding carboxylic acids is 3. The number of hydrogen-bond acceptors (Lipinski definition) is 5. The summed E-state index contributed by atoms with van der Waals surface area (Å²) in [7, 11) is 0. The minimum Gasteiger partial charge on any atom is -0.481 e. The molecule has 0 radical (unpaired) electrons. The first-order valence-electron chi connectivity index (χ1n) is 6.11. The predicted molar refractivity (Wildman–Crippen MR) is 69.6 cm³/mol. The summed E-state index contributed by atoms with van der Waals surface area (Å²) in [5, 5.41) is 2.17.